The highest BCUT2D eigenvalue weighted by Gasteiger charge is 2.23. The number of ether oxygens (including phenoxy) is 2. The Bertz CT molecular complexity index is 467. The molecule has 0 spiro atoms. The zero-order chi connectivity index (χ0) is 15.3. The van der Waals surface area contributed by atoms with Gasteiger partial charge in [0, 0.05) is 24.2 Å². The van der Waals surface area contributed by atoms with Gasteiger partial charge in [-0.15, -0.1) is 0 Å². The number of anilines is 1. The Labute approximate surface area is 120 Å². The van der Waals surface area contributed by atoms with Crippen LogP contribution >= 0.6 is 0 Å². The molecule has 1 aromatic carbocycles. The first kappa shape index (κ1) is 16.3. The number of nitrogens with one attached hydrogen (secondary N) is 1. The van der Waals surface area contributed by atoms with E-state index < -0.39 is 0 Å². The number of nitrogens with two attached hydrogens (primary N) is 1. The molecule has 0 radical (unpaired) electrons. The van der Waals surface area contributed by atoms with Crippen LogP contribution in [-0.4, -0.2) is 26.2 Å². The summed E-state index contributed by atoms with van der Waals surface area (Å²) in [5.74, 6) is 1.09. The molecule has 0 heterocycles. The van der Waals surface area contributed by atoms with Crippen LogP contribution in [0.5, 0.6) is 11.5 Å². The standard InChI is InChI=1S/C15H24N2O3/c1-15(2,3)13(16)9-14(18)17-10-6-7-11(19-4)12(8-10)20-5/h6-8,13H,9,16H2,1-5H3,(H,17,18). The fourth-order valence-corrected chi connectivity index (χ4v) is 1.63. The minimum Gasteiger partial charge on any atom is -0.493 e. The molecule has 1 rings (SSSR count). The summed E-state index contributed by atoms with van der Waals surface area (Å²) in [4.78, 5) is 12.0. The van der Waals surface area contributed by atoms with Crippen molar-refractivity contribution in [3.63, 3.8) is 0 Å². The lowest BCUT2D eigenvalue weighted by molar-refractivity contribution is -0.117. The van der Waals surface area contributed by atoms with Gasteiger partial charge in [-0.05, 0) is 17.5 Å². The molecule has 0 saturated carbocycles. The Morgan fingerprint density at radius 1 is 1.25 bits per heavy atom. The molecule has 112 valence electrons. The van der Waals surface area contributed by atoms with Gasteiger partial charge in [0.05, 0.1) is 14.2 Å². The first-order valence-corrected chi connectivity index (χ1v) is 6.55. The maximum atomic E-state index is 12.0. The van der Waals surface area contributed by atoms with Crippen molar-refractivity contribution < 1.29 is 14.3 Å². The minimum absolute atomic E-state index is 0.102. The van der Waals surface area contributed by atoms with Gasteiger partial charge < -0.3 is 20.5 Å². The molecular formula is C15H24N2O3. The molecule has 0 aliphatic heterocycles. The lowest BCUT2D eigenvalue weighted by Gasteiger charge is -2.26. The lowest BCUT2D eigenvalue weighted by atomic mass is 9.85. The van der Waals surface area contributed by atoms with Crippen molar-refractivity contribution in [2.75, 3.05) is 19.5 Å². The van der Waals surface area contributed by atoms with Crippen molar-refractivity contribution in [2.45, 2.75) is 33.2 Å². The van der Waals surface area contributed by atoms with Crippen LogP contribution in [0.15, 0.2) is 18.2 Å². The summed E-state index contributed by atoms with van der Waals surface area (Å²) in [6.07, 6.45) is 0.276. The van der Waals surface area contributed by atoms with Crippen molar-refractivity contribution in [2.24, 2.45) is 11.1 Å². The maximum absolute atomic E-state index is 12.0. The maximum Gasteiger partial charge on any atom is 0.225 e. The van der Waals surface area contributed by atoms with E-state index in [4.69, 9.17) is 15.2 Å². The summed E-state index contributed by atoms with van der Waals surface area (Å²) < 4.78 is 10.3. The zero-order valence-corrected chi connectivity index (χ0v) is 12.8. The molecule has 20 heavy (non-hydrogen) atoms. The number of rotatable bonds is 5. The van der Waals surface area contributed by atoms with Gasteiger partial charge in [0.25, 0.3) is 0 Å². The number of amides is 1. The van der Waals surface area contributed by atoms with Crippen LogP contribution in [-0.2, 0) is 4.79 Å². The first-order chi connectivity index (χ1) is 9.27. The van der Waals surface area contributed by atoms with Crippen LogP contribution in [0.1, 0.15) is 27.2 Å². The molecule has 3 N–H and O–H groups in total. The highest BCUT2D eigenvalue weighted by molar-refractivity contribution is 5.91. The smallest absolute Gasteiger partial charge is 0.225 e. The van der Waals surface area contributed by atoms with E-state index in [9.17, 15) is 4.79 Å². The first-order valence-electron chi connectivity index (χ1n) is 6.55. The van der Waals surface area contributed by atoms with E-state index >= 15 is 0 Å². The molecule has 0 bridgehead atoms. The summed E-state index contributed by atoms with van der Waals surface area (Å²) in [5.41, 5.74) is 6.56. The summed E-state index contributed by atoms with van der Waals surface area (Å²) >= 11 is 0. The average molecular weight is 280 g/mol. The second-order valence-electron chi connectivity index (χ2n) is 5.79. The summed E-state index contributed by atoms with van der Waals surface area (Å²) in [7, 11) is 3.12. The van der Waals surface area contributed by atoms with E-state index in [1.807, 2.05) is 20.8 Å². The molecular weight excluding hydrogens is 256 g/mol. The van der Waals surface area contributed by atoms with Gasteiger partial charge in [-0.1, -0.05) is 20.8 Å². The van der Waals surface area contributed by atoms with Crippen LogP contribution in [0.3, 0.4) is 0 Å². The molecule has 1 atom stereocenters. The molecule has 5 heteroatoms. The van der Waals surface area contributed by atoms with Gasteiger partial charge in [-0.2, -0.15) is 0 Å². The third kappa shape index (κ3) is 4.42. The van der Waals surface area contributed by atoms with Gasteiger partial charge in [0.1, 0.15) is 0 Å². The second-order valence-corrected chi connectivity index (χ2v) is 5.79. The van der Waals surface area contributed by atoms with E-state index in [0.29, 0.717) is 17.2 Å². The molecule has 1 unspecified atom stereocenters. The average Bonchev–Trinajstić information content (AvgIpc) is 2.37. The summed E-state index contributed by atoms with van der Waals surface area (Å²) in [6.45, 7) is 6.05. The van der Waals surface area contributed by atoms with Crippen LogP contribution in [0.2, 0.25) is 0 Å². The number of carbonyl (C=O) groups is 1. The van der Waals surface area contributed by atoms with Crippen LogP contribution in [0, 0.1) is 5.41 Å². The Hall–Kier alpha value is -1.75. The predicted octanol–water partition coefficient (Wildman–Crippen LogP) is 2.41. The van der Waals surface area contributed by atoms with Crippen LogP contribution in [0.25, 0.3) is 0 Å². The summed E-state index contributed by atoms with van der Waals surface area (Å²) in [5, 5.41) is 2.82. The fraction of sp³-hybridized carbons (Fsp3) is 0.533. The molecule has 0 saturated heterocycles. The second kappa shape index (κ2) is 6.61. The molecule has 0 aliphatic carbocycles. The van der Waals surface area contributed by atoms with E-state index in [1.54, 1.807) is 32.4 Å². The Kier molecular flexibility index (Phi) is 5.39. The van der Waals surface area contributed by atoms with Gasteiger partial charge >= 0.3 is 0 Å². The van der Waals surface area contributed by atoms with Crippen molar-refractivity contribution in [3.8, 4) is 11.5 Å². The van der Waals surface area contributed by atoms with E-state index in [1.165, 1.54) is 0 Å². The molecule has 0 aliphatic rings. The highest BCUT2D eigenvalue weighted by atomic mass is 16.5. The Morgan fingerprint density at radius 2 is 1.85 bits per heavy atom. The number of methoxy groups -OCH3 is 2. The number of benzene rings is 1. The fourth-order valence-electron chi connectivity index (χ4n) is 1.63. The number of hydrogen-bond donors (Lipinski definition) is 2. The molecule has 0 aromatic heterocycles. The van der Waals surface area contributed by atoms with Crippen molar-refractivity contribution in [3.05, 3.63) is 18.2 Å². The lowest BCUT2D eigenvalue weighted by Crippen LogP contribution is -2.38. The Morgan fingerprint density at radius 3 is 2.35 bits per heavy atom. The van der Waals surface area contributed by atoms with Crippen LogP contribution < -0.4 is 20.5 Å². The van der Waals surface area contributed by atoms with Gasteiger partial charge in [0.15, 0.2) is 11.5 Å². The molecule has 5 nitrogen and oxygen atoms in total. The quantitative estimate of drug-likeness (QED) is 0.868. The van der Waals surface area contributed by atoms with Gasteiger partial charge in [-0.25, -0.2) is 0 Å². The van der Waals surface area contributed by atoms with Crippen LogP contribution in [0.4, 0.5) is 5.69 Å². The monoisotopic (exact) mass is 280 g/mol. The third-order valence-corrected chi connectivity index (χ3v) is 3.18. The number of hydrogen-bond acceptors (Lipinski definition) is 4. The molecule has 1 aromatic rings. The van der Waals surface area contributed by atoms with Crippen molar-refractivity contribution in [1.29, 1.82) is 0 Å². The normalized spacial score (nSPS) is 12.7. The van der Waals surface area contributed by atoms with E-state index in [-0.39, 0.29) is 23.8 Å². The van der Waals surface area contributed by atoms with E-state index in [2.05, 4.69) is 5.32 Å². The Balaban J connectivity index is 2.71. The number of carbonyl (C=O) groups excluding carboxylic acids is 1. The van der Waals surface area contributed by atoms with Gasteiger partial charge in [-0.3, -0.25) is 4.79 Å². The molecule has 1 amide bonds. The van der Waals surface area contributed by atoms with Crippen molar-refractivity contribution >= 4 is 11.6 Å². The van der Waals surface area contributed by atoms with Crippen molar-refractivity contribution in [1.82, 2.24) is 0 Å². The predicted molar refractivity (Wildman–Crippen MR) is 80.2 cm³/mol. The molecule has 0 fully saturated rings. The topological polar surface area (TPSA) is 73.6 Å². The summed E-state index contributed by atoms with van der Waals surface area (Å²) in [6, 6.07) is 5.04. The SMILES string of the molecule is COc1ccc(NC(=O)CC(N)C(C)(C)C)cc1OC. The third-order valence-electron chi connectivity index (χ3n) is 3.18. The zero-order valence-electron chi connectivity index (χ0n) is 12.8. The van der Waals surface area contributed by atoms with E-state index in [0.717, 1.165) is 0 Å². The van der Waals surface area contributed by atoms with Gasteiger partial charge in [0.2, 0.25) is 5.91 Å². The highest BCUT2D eigenvalue weighted by Crippen LogP contribution is 2.30. The minimum atomic E-state index is -0.192. The largest absolute Gasteiger partial charge is 0.493 e.